The van der Waals surface area contributed by atoms with E-state index in [2.05, 4.69) is 11.4 Å². The zero-order valence-electron chi connectivity index (χ0n) is 9.73. The molecule has 0 saturated carbocycles. The van der Waals surface area contributed by atoms with E-state index in [0.717, 1.165) is 37.0 Å². The molecule has 0 amide bonds. The summed E-state index contributed by atoms with van der Waals surface area (Å²) in [5, 5.41) is 4.48. The van der Waals surface area contributed by atoms with Gasteiger partial charge in [-0.3, -0.25) is 4.79 Å². The summed E-state index contributed by atoms with van der Waals surface area (Å²) in [5.74, 6) is 0.582. The van der Waals surface area contributed by atoms with Crippen molar-refractivity contribution in [3.63, 3.8) is 0 Å². The molecule has 2 aromatic rings. The quantitative estimate of drug-likeness (QED) is 0.847. The van der Waals surface area contributed by atoms with E-state index in [1.54, 1.807) is 6.07 Å². The third-order valence-corrected chi connectivity index (χ3v) is 3.50. The molecule has 88 valence electrons. The van der Waals surface area contributed by atoms with Gasteiger partial charge in [-0.2, -0.15) is 0 Å². The number of nitrogens with zero attached hydrogens (tertiary/aromatic N) is 1. The van der Waals surface area contributed by atoms with Crippen molar-refractivity contribution >= 4 is 10.9 Å². The van der Waals surface area contributed by atoms with Crippen LogP contribution in [-0.2, 0) is 6.54 Å². The second-order valence-corrected chi connectivity index (χ2v) is 4.70. The van der Waals surface area contributed by atoms with Gasteiger partial charge < -0.3 is 9.88 Å². The second kappa shape index (κ2) is 4.34. The molecule has 17 heavy (non-hydrogen) atoms. The molecular weight excluding hydrogens is 212 g/mol. The maximum atomic E-state index is 12.0. The Bertz CT molecular complexity index is 582. The van der Waals surface area contributed by atoms with Crippen molar-refractivity contribution in [3.05, 3.63) is 46.8 Å². The van der Waals surface area contributed by atoms with E-state index < -0.39 is 0 Å². The van der Waals surface area contributed by atoms with E-state index in [4.69, 9.17) is 0 Å². The molecule has 1 aliphatic heterocycles. The molecule has 3 heteroatoms. The summed E-state index contributed by atoms with van der Waals surface area (Å²) in [6, 6.07) is 11.7. The van der Waals surface area contributed by atoms with E-state index >= 15 is 0 Å². The molecule has 0 radical (unpaired) electrons. The fourth-order valence-corrected chi connectivity index (χ4v) is 2.56. The Morgan fingerprint density at radius 3 is 2.94 bits per heavy atom. The van der Waals surface area contributed by atoms with Crippen molar-refractivity contribution in [3.8, 4) is 0 Å². The second-order valence-electron chi connectivity index (χ2n) is 4.70. The number of fused-ring (bicyclic) bond motifs is 1. The minimum absolute atomic E-state index is 0.107. The van der Waals surface area contributed by atoms with Gasteiger partial charge in [0.1, 0.15) is 0 Å². The lowest BCUT2D eigenvalue weighted by Crippen LogP contribution is -2.24. The summed E-state index contributed by atoms with van der Waals surface area (Å²) in [6.45, 7) is 2.92. The average molecular weight is 228 g/mol. The fourth-order valence-electron chi connectivity index (χ4n) is 2.56. The van der Waals surface area contributed by atoms with Crippen molar-refractivity contribution in [1.29, 1.82) is 0 Å². The molecule has 1 aromatic heterocycles. The van der Waals surface area contributed by atoms with Crippen molar-refractivity contribution in [1.82, 2.24) is 9.88 Å². The zero-order chi connectivity index (χ0) is 11.7. The number of hydrogen-bond donors (Lipinski definition) is 1. The fraction of sp³-hybridized carbons (Fsp3) is 0.357. The topological polar surface area (TPSA) is 34.0 Å². The molecule has 0 aliphatic carbocycles. The lowest BCUT2D eigenvalue weighted by Gasteiger charge is -2.13. The third kappa shape index (κ3) is 1.98. The van der Waals surface area contributed by atoms with E-state index in [9.17, 15) is 4.79 Å². The van der Waals surface area contributed by atoms with Gasteiger partial charge in [0, 0.05) is 12.6 Å². The Kier molecular flexibility index (Phi) is 2.69. The average Bonchev–Trinajstić information content (AvgIpc) is 2.86. The van der Waals surface area contributed by atoms with Gasteiger partial charge in [0.2, 0.25) is 0 Å². The van der Waals surface area contributed by atoms with Crippen molar-refractivity contribution in [2.24, 2.45) is 5.92 Å². The monoisotopic (exact) mass is 228 g/mol. The van der Waals surface area contributed by atoms with Gasteiger partial charge in [0.25, 0.3) is 5.56 Å². The number of benzene rings is 1. The highest BCUT2D eigenvalue weighted by atomic mass is 16.1. The number of pyridine rings is 1. The van der Waals surface area contributed by atoms with Crippen LogP contribution in [0, 0.1) is 5.92 Å². The first kappa shape index (κ1) is 10.5. The molecule has 3 rings (SSSR count). The summed E-state index contributed by atoms with van der Waals surface area (Å²) in [5.41, 5.74) is 1.16. The van der Waals surface area contributed by atoms with Gasteiger partial charge in [0.05, 0.1) is 5.52 Å². The number of hydrogen-bond acceptors (Lipinski definition) is 2. The van der Waals surface area contributed by atoms with Crippen LogP contribution >= 0.6 is 0 Å². The van der Waals surface area contributed by atoms with E-state index in [-0.39, 0.29) is 5.56 Å². The summed E-state index contributed by atoms with van der Waals surface area (Å²) >= 11 is 0. The van der Waals surface area contributed by atoms with E-state index in [0.29, 0.717) is 5.92 Å². The molecule has 0 bridgehead atoms. The summed E-state index contributed by atoms with van der Waals surface area (Å²) in [6.07, 6.45) is 1.16. The van der Waals surface area contributed by atoms with Gasteiger partial charge in [-0.25, -0.2) is 0 Å². The van der Waals surface area contributed by atoms with Crippen molar-refractivity contribution in [2.75, 3.05) is 13.1 Å². The lowest BCUT2D eigenvalue weighted by molar-refractivity contribution is 0.482. The minimum Gasteiger partial charge on any atom is -0.316 e. The van der Waals surface area contributed by atoms with Crippen molar-refractivity contribution in [2.45, 2.75) is 13.0 Å². The highest BCUT2D eigenvalue weighted by Gasteiger charge is 2.16. The summed E-state index contributed by atoms with van der Waals surface area (Å²) in [7, 11) is 0. The normalized spacial score (nSPS) is 19.9. The van der Waals surface area contributed by atoms with Crippen LogP contribution in [0.25, 0.3) is 10.9 Å². The lowest BCUT2D eigenvalue weighted by atomic mass is 10.1. The Hall–Kier alpha value is -1.61. The summed E-state index contributed by atoms with van der Waals surface area (Å²) in [4.78, 5) is 12.0. The standard InChI is InChI=1S/C14H16N2O/c17-14-6-5-12-3-1-2-4-13(12)16(14)10-11-7-8-15-9-11/h1-6,11,15H,7-10H2. The molecule has 1 aromatic carbocycles. The van der Waals surface area contributed by atoms with Crippen LogP contribution in [-0.4, -0.2) is 17.7 Å². The van der Waals surface area contributed by atoms with Gasteiger partial charge in [0.15, 0.2) is 0 Å². The number of aromatic nitrogens is 1. The summed E-state index contributed by atoms with van der Waals surface area (Å²) < 4.78 is 1.91. The molecular formula is C14H16N2O. The molecule has 1 N–H and O–H groups in total. The molecule has 1 fully saturated rings. The first-order chi connectivity index (χ1) is 8.34. The number of para-hydroxylation sites is 1. The smallest absolute Gasteiger partial charge is 0.251 e. The molecule has 3 nitrogen and oxygen atoms in total. The first-order valence-electron chi connectivity index (χ1n) is 6.14. The molecule has 2 heterocycles. The van der Waals surface area contributed by atoms with Gasteiger partial charge in [-0.1, -0.05) is 18.2 Å². The number of nitrogens with one attached hydrogen (secondary N) is 1. The minimum atomic E-state index is 0.107. The van der Waals surface area contributed by atoms with Crippen LogP contribution < -0.4 is 10.9 Å². The Labute approximate surface area is 100 Å². The highest BCUT2D eigenvalue weighted by molar-refractivity contribution is 5.78. The maximum absolute atomic E-state index is 12.0. The van der Waals surface area contributed by atoms with E-state index in [1.807, 2.05) is 28.8 Å². The van der Waals surface area contributed by atoms with Crippen LogP contribution in [0.15, 0.2) is 41.2 Å². The molecule has 0 spiro atoms. The van der Waals surface area contributed by atoms with Gasteiger partial charge in [-0.05, 0) is 42.9 Å². The largest absolute Gasteiger partial charge is 0.316 e. The predicted molar refractivity (Wildman–Crippen MR) is 69.2 cm³/mol. The zero-order valence-corrected chi connectivity index (χ0v) is 9.73. The van der Waals surface area contributed by atoms with Gasteiger partial charge in [-0.15, -0.1) is 0 Å². The van der Waals surface area contributed by atoms with Crippen LogP contribution in [0.3, 0.4) is 0 Å². The van der Waals surface area contributed by atoms with Gasteiger partial charge >= 0.3 is 0 Å². The third-order valence-electron chi connectivity index (χ3n) is 3.50. The van der Waals surface area contributed by atoms with Crippen LogP contribution in [0.1, 0.15) is 6.42 Å². The highest BCUT2D eigenvalue weighted by Crippen LogP contribution is 2.15. The Morgan fingerprint density at radius 1 is 1.24 bits per heavy atom. The Balaban J connectivity index is 2.06. The molecule has 1 atom stereocenters. The van der Waals surface area contributed by atoms with Crippen LogP contribution in [0.4, 0.5) is 0 Å². The molecule has 1 saturated heterocycles. The van der Waals surface area contributed by atoms with E-state index in [1.165, 1.54) is 0 Å². The first-order valence-corrected chi connectivity index (χ1v) is 6.14. The Morgan fingerprint density at radius 2 is 2.12 bits per heavy atom. The predicted octanol–water partition coefficient (Wildman–Crippen LogP) is 1.61. The van der Waals surface area contributed by atoms with Crippen LogP contribution in [0.2, 0.25) is 0 Å². The molecule has 1 unspecified atom stereocenters. The number of rotatable bonds is 2. The van der Waals surface area contributed by atoms with Crippen LogP contribution in [0.5, 0.6) is 0 Å². The maximum Gasteiger partial charge on any atom is 0.251 e. The molecule has 1 aliphatic rings. The van der Waals surface area contributed by atoms with Crippen molar-refractivity contribution < 1.29 is 0 Å². The SMILES string of the molecule is O=c1ccc2ccccc2n1CC1CCNC1.